The van der Waals surface area contributed by atoms with Gasteiger partial charge < -0.3 is 14.6 Å². The van der Waals surface area contributed by atoms with E-state index in [4.69, 9.17) is 9.72 Å². The Morgan fingerprint density at radius 3 is 2.74 bits per heavy atom. The Balaban J connectivity index is 1.42. The van der Waals surface area contributed by atoms with E-state index >= 15 is 0 Å². The van der Waals surface area contributed by atoms with Crippen LogP contribution in [-0.2, 0) is 13.0 Å². The molecule has 0 saturated carbocycles. The number of benzene rings is 3. The summed E-state index contributed by atoms with van der Waals surface area (Å²) in [6.45, 7) is 3.79. The molecule has 0 aliphatic rings. The number of nitrogens with zero attached hydrogens (tertiary/aromatic N) is 2. The van der Waals surface area contributed by atoms with Crippen LogP contribution in [-0.4, -0.2) is 28.6 Å². The molecule has 0 aliphatic heterocycles. The summed E-state index contributed by atoms with van der Waals surface area (Å²) in [5, 5.41) is 2.99. The molecule has 1 aromatic heterocycles. The van der Waals surface area contributed by atoms with Crippen molar-refractivity contribution in [1.82, 2.24) is 14.9 Å². The molecule has 1 amide bonds. The van der Waals surface area contributed by atoms with Gasteiger partial charge in [0.05, 0.1) is 17.6 Å². The van der Waals surface area contributed by atoms with E-state index in [1.165, 1.54) is 5.56 Å². The van der Waals surface area contributed by atoms with Crippen molar-refractivity contribution in [1.29, 1.82) is 0 Å². The van der Waals surface area contributed by atoms with Crippen molar-refractivity contribution >= 4 is 32.9 Å². The monoisotopic (exact) mass is 477 g/mol. The number of para-hydroxylation sites is 2. The molecule has 6 heteroatoms. The van der Waals surface area contributed by atoms with E-state index in [1.54, 1.807) is 6.07 Å². The van der Waals surface area contributed by atoms with Gasteiger partial charge in [-0.25, -0.2) is 4.98 Å². The van der Waals surface area contributed by atoms with Gasteiger partial charge in [-0.15, -0.1) is 0 Å². The van der Waals surface area contributed by atoms with Gasteiger partial charge in [0.2, 0.25) is 0 Å². The molecule has 4 aromatic rings. The number of fused-ring (bicyclic) bond motifs is 1. The number of halogens is 1. The topological polar surface area (TPSA) is 56.1 Å². The average Bonchev–Trinajstić information content (AvgIpc) is 3.11. The standard InChI is InChI=1S/C25H24BrN3O2/c1-18-6-4-9-21(16-18)31-15-14-29-23-11-3-2-10-22(23)28-24(29)12-13-27-25(30)19-7-5-8-20(26)17-19/h2-11,16-17H,12-15H2,1H3,(H,27,30). The lowest BCUT2D eigenvalue weighted by Crippen LogP contribution is -2.26. The van der Waals surface area contributed by atoms with Gasteiger partial charge in [-0.3, -0.25) is 4.79 Å². The van der Waals surface area contributed by atoms with Crippen LogP contribution < -0.4 is 10.1 Å². The fourth-order valence-corrected chi connectivity index (χ4v) is 3.94. The van der Waals surface area contributed by atoms with Gasteiger partial charge in [-0.1, -0.05) is 46.3 Å². The van der Waals surface area contributed by atoms with E-state index in [-0.39, 0.29) is 5.91 Å². The number of rotatable bonds is 8. The molecule has 1 N–H and O–H groups in total. The minimum atomic E-state index is -0.0910. The fraction of sp³-hybridized carbons (Fsp3) is 0.200. The summed E-state index contributed by atoms with van der Waals surface area (Å²) in [7, 11) is 0. The summed E-state index contributed by atoms with van der Waals surface area (Å²) in [6, 6.07) is 23.5. The van der Waals surface area contributed by atoms with Crippen LogP contribution in [0.1, 0.15) is 21.7 Å². The van der Waals surface area contributed by atoms with Gasteiger partial charge in [-0.05, 0) is 55.0 Å². The van der Waals surface area contributed by atoms with E-state index in [2.05, 4.69) is 44.9 Å². The number of carbonyl (C=O) groups is 1. The Hall–Kier alpha value is -3.12. The van der Waals surface area contributed by atoms with Crippen LogP contribution in [0.5, 0.6) is 5.75 Å². The maximum Gasteiger partial charge on any atom is 0.251 e. The van der Waals surface area contributed by atoms with Crippen LogP contribution in [0.4, 0.5) is 0 Å². The summed E-state index contributed by atoms with van der Waals surface area (Å²) in [6.07, 6.45) is 0.638. The highest BCUT2D eigenvalue weighted by Crippen LogP contribution is 2.18. The summed E-state index contributed by atoms with van der Waals surface area (Å²) in [5.74, 6) is 1.71. The third kappa shape index (κ3) is 5.33. The third-order valence-corrected chi connectivity index (χ3v) is 5.52. The van der Waals surface area contributed by atoms with Crippen LogP contribution in [0, 0.1) is 6.92 Å². The van der Waals surface area contributed by atoms with Gasteiger partial charge in [0.25, 0.3) is 5.91 Å². The van der Waals surface area contributed by atoms with E-state index in [1.807, 2.05) is 54.6 Å². The van der Waals surface area contributed by atoms with Gasteiger partial charge >= 0.3 is 0 Å². The molecular weight excluding hydrogens is 454 g/mol. The van der Waals surface area contributed by atoms with E-state index in [9.17, 15) is 4.79 Å². The van der Waals surface area contributed by atoms with Crippen molar-refractivity contribution in [3.63, 3.8) is 0 Å². The predicted molar refractivity (Wildman–Crippen MR) is 127 cm³/mol. The molecule has 0 unspecified atom stereocenters. The fourth-order valence-electron chi connectivity index (χ4n) is 3.55. The number of ether oxygens (including phenoxy) is 1. The first-order chi connectivity index (χ1) is 15.1. The maximum absolute atomic E-state index is 12.4. The summed E-state index contributed by atoms with van der Waals surface area (Å²) in [5.41, 5.74) is 3.83. The highest BCUT2D eigenvalue weighted by Gasteiger charge is 2.12. The SMILES string of the molecule is Cc1cccc(OCCn2c(CCNC(=O)c3cccc(Br)c3)nc3ccccc32)c1. The number of amides is 1. The minimum Gasteiger partial charge on any atom is -0.492 e. The first-order valence-electron chi connectivity index (χ1n) is 10.3. The zero-order valence-corrected chi connectivity index (χ0v) is 18.9. The van der Waals surface area contributed by atoms with Crippen LogP contribution in [0.3, 0.4) is 0 Å². The summed E-state index contributed by atoms with van der Waals surface area (Å²) in [4.78, 5) is 17.2. The number of aromatic nitrogens is 2. The molecule has 3 aromatic carbocycles. The largest absolute Gasteiger partial charge is 0.492 e. The van der Waals surface area contributed by atoms with Gasteiger partial charge in [0.1, 0.15) is 18.2 Å². The van der Waals surface area contributed by atoms with Crippen LogP contribution >= 0.6 is 15.9 Å². The molecule has 0 fully saturated rings. The van der Waals surface area contributed by atoms with E-state index in [0.717, 1.165) is 27.1 Å². The van der Waals surface area contributed by atoms with Crippen molar-refractivity contribution in [2.75, 3.05) is 13.2 Å². The smallest absolute Gasteiger partial charge is 0.251 e. The summed E-state index contributed by atoms with van der Waals surface area (Å²) < 4.78 is 9.01. The lowest BCUT2D eigenvalue weighted by Gasteiger charge is -2.12. The predicted octanol–water partition coefficient (Wildman–Crippen LogP) is 5.16. The lowest BCUT2D eigenvalue weighted by molar-refractivity contribution is 0.0954. The van der Waals surface area contributed by atoms with Gasteiger partial charge in [-0.2, -0.15) is 0 Å². The highest BCUT2D eigenvalue weighted by molar-refractivity contribution is 9.10. The molecule has 1 heterocycles. The van der Waals surface area contributed by atoms with E-state index < -0.39 is 0 Å². The molecule has 31 heavy (non-hydrogen) atoms. The Morgan fingerprint density at radius 2 is 1.90 bits per heavy atom. The molecule has 0 radical (unpaired) electrons. The number of hydrogen-bond donors (Lipinski definition) is 1. The second-order valence-electron chi connectivity index (χ2n) is 7.35. The number of carbonyl (C=O) groups excluding carboxylic acids is 1. The van der Waals surface area contributed by atoms with Crippen molar-refractivity contribution in [3.8, 4) is 5.75 Å². The van der Waals surface area contributed by atoms with Crippen LogP contribution in [0.2, 0.25) is 0 Å². The molecule has 158 valence electrons. The molecule has 4 rings (SSSR count). The lowest BCUT2D eigenvalue weighted by atomic mass is 10.2. The first kappa shape index (κ1) is 21.1. The average molecular weight is 478 g/mol. The number of nitrogens with one attached hydrogen (secondary N) is 1. The molecule has 0 bridgehead atoms. The van der Waals surface area contributed by atoms with Crippen LogP contribution in [0.25, 0.3) is 11.0 Å². The normalized spacial score (nSPS) is 10.9. The molecule has 0 spiro atoms. The molecule has 0 saturated heterocycles. The Labute approximate surface area is 190 Å². The zero-order chi connectivity index (χ0) is 21.6. The third-order valence-electron chi connectivity index (χ3n) is 5.03. The highest BCUT2D eigenvalue weighted by atomic mass is 79.9. The Kier molecular flexibility index (Phi) is 6.67. The first-order valence-corrected chi connectivity index (χ1v) is 11.1. The zero-order valence-electron chi connectivity index (χ0n) is 17.3. The van der Waals surface area contributed by atoms with Crippen molar-refractivity contribution in [2.24, 2.45) is 0 Å². The summed E-state index contributed by atoms with van der Waals surface area (Å²) >= 11 is 3.40. The van der Waals surface area contributed by atoms with Crippen molar-refractivity contribution in [3.05, 3.63) is 94.2 Å². The van der Waals surface area contributed by atoms with Crippen molar-refractivity contribution in [2.45, 2.75) is 19.9 Å². The van der Waals surface area contributed by atoms with Crippen molar-refractivity contribution < 1.29 is 9.53 Å². The van der Waals surface area contributed by atoms with Crippen LogP contribution in [0.15, 0.2) is 77.3 Å². The Morgan fingerprint density at radius 1 is 1.06 bits per heavy atom. The minimum absolute atomic E-state index is 0.0910. The molecule has 5 nitrogen and oxygen atoms in total. The number of aryl methyl sites for hydroxylation is 1. The number of imidazole rings is 1. The number of hydrogen-bond acceptors (Lipinski definition) is 3. The molecule has 0 atom stereocenters. The molecule has 0 aliphatic carbocycles. The maximum atomic E-state index is 12.4. The van der Waals surface area contributed by atoms with E-state index in [0.29, 0.717) is 31.7 Å². The Bertz CT molecular complexity index is 1200. The molecular formula is C25H24BrN3O2. The second-order valence-corrected chi connectivity index (χ2v) is 8.27. The van der Waals surface area contributed by atoms with Gasteiger partial charge in [0, 0.05) is 23.0 Å². The quantitative estimate of drug-likeness (QED) is 0.381. The van der Waals surface area contributed by atoms with Gasteiger partial charge in [0.15, 0.2) is 0 Å². The second kappa shape index (κ2) is 9.79.